The Labute approximate surface area is 216 Å². The topological polar surface area (TPSA) is 87.5 Å². The summed E-state index contributed by atoms with van der Waals surface area (Å²) in [4.78, 5) is 29.5. The van der Waals surface area contributed by atoms with Crippen LogP contribution < -0.4 is 16.4 Å². The van der Waals surface area contributed by atoms with Crippen LogP contribution in [0, 0.1) is 5.92 Å². The van der Waals surface area contributed by atoms with Crippen molar-refractivity contribution in [1.82, 2.24) is 15.5 Å². The summed E-state index contributed by atoms with van der Waals surface area (Å²) in [6, 6.07) is 6.00. The molecule has 2 amide bonds. The molecule has 1 atom stereocenters. The van der Waals surface area contributed by atoms with Crippen molar-refractivity contribution < 1.29 is 9.59 Å². The number of benzene rings is 1. The first-order valence-corrected chi connectivity index (χ1v) is 13.8. The fourth-order valence-corrected chi connectivity index (χ4v) is 5.35. The average molecular weight is 501 g/mol. The Balaban J connectivity index is 1.86. The molecule has 0 radical (unpaired) electrons. The number of carbonyl (C=O) groups excluding carboxylic acids is 2. The summed E-state index contributed by atoms with van der Waals surface area (Å²) in [6.07, 6.45) is 6.40. The zero-order valence-electron chi connectivity index (χ0n) is 21.8. The van der Waals surface area contributed by atoms with Gasteiger partial charge in [0.1, 0.15) is 0 Å². The van der Waals surface area contributed by atoms with Crippen molar-refractivity contribution >= 4 is 29.3 Å². The molecule has 0 saturated heterocycles. The smallest absolute Gasteiger partial charge is 0.247 e. The third kappa shape index (κ3) is 9.73. The first kappa shape index (κ1) is 29.0. The number of nitrogens with two attached hydrogens (primary N) is 1. The van der Waals surface area contributed by atoms with Gasteiger partial charge in [0.2, 0.25) is 11.8 Å². The monoisotopic (exact) mass is 500 g/mol. The van der Waals surface area contributed by atoms with Crippen LogP contribution in [-0.4, -0.2) is 48.9 Å². The van der Waals surface area contributed by atoms with Gasteiger partial charge in [-0.05, 0) is 67.3 Å². The van der Waals surface area contributed by atoms with E-state index in [9.17, 15) is 9.59 Å². The first-order chi connectivity index (χ1) is 16.8. The molecule has 35 heavy (non-hydrogen) atoms. The van der Waals surface area contributed by atoms with E-state index in [4.69, 9.17) is 5.73 Å². The third-order valence-corrected chi connectivity index (χ3v) is 7.87. The van der Waals surface area contributed by atoms with E-state index in [0.717, 1.165) is 47.8 Å². The number of hydrogen-bond donors (Lipinski definition) is 3. The van der Waals surface area contributed by atoms with Crippen molar-refractivity contribution in [3.05, 3.63) is 47.4 Å². The molecule has 1 saturated carbocycles. The normalized spacial score (nSPS) is 14.6. The van der Waals surface area contributed by atoms with Crippen molar-refractivity contribution in [3.63, 3.8) is 0 Å². The van der Waals surface area contributed by atoms with Crippen LogP contribution in [0.4, 0.5) is 5.69 Å². The maximum atomic E-state index is 12.8. The Hall–Kier alpha value is -2.25. The van der Waals surface area contributed by atoms with E-state index in [-0.39, 0.29) is 17.9 Å². The number of aryl methyl sites for hydroxylation is 1. The SMILES string of the molecule is C=C(CCC(=O)NC(CNC(=O)C(=C)CN(CC)CC)C1CCCC1)Sc1cc(CC)ccc1N. The van der Waals surface area contributed by atoms with Gasteiger partial charge in [-0.3, -0.25) is 14.5 Å². The molecular weight excluding hydrogens is 456 g/mol. The van der Waals surface area contributed by atoms with Crippen LogP contribution in [-0.2, 0) is 16.0 Å². The molecular formula is C28H44N4O2S. The first-order valence-electron chi connectivity index (χ1n) is 13.0. The van der Waals surface area contributed by atoms with Crippen molar-refractivity contribution in [2.24, 2.45) is 5.92 Å². The summed E-state index contributed by atoms with van der Waals surface area (Å²) in [5.41, 5.74) is 8.64. The molecule has 1 aromatic carbocycles. The van der Waals surface area contributed by atoms with Gasteiger partial charge in [0.25, 0.3) is 0 Å². The molecule has 0 spiro atoms. The molecule has 0 bridgehead atoms. The molecule has 0 aliphatic heterocycles. The Bertz CT molecular complexity index is 876. The molecule has 0 heterocycles. The molecule has 1 aliphatic rings. The zero-order chi connectivity index (χ0) is 25.8. The Morgan fingerprint density at radius 3 is 2.46 bits per heavy atom. The maximum absolute atomic E-state index is 12.8. The van der Waals surface area contributed by atoms with Crippen molar-refractivity contribution in [1.29, 1.82) is 0 Å². The molecule has 2 rings (SSSR count). The second kappa shape index (κ2) is 15.0. The molecule has 6 nitrogen and oxygen atoms in total. The van der Waals surface area contributed by atoms with Gasteiger partial charge in [-0.1, -0.05) is 64.6 Å². The number of allylic oxidation sites excluding steroid dienone is 1. The summed E-state index contributed by atoms with van der Waals surface area (Å²) < 4.78 is 0. The van der Waals surface area contributed by atoms with Gasteiger partial charge < -0.3 is 16.4 Å². The maximum Gasteiger partial charge on any atom is 0.247 e. The number of rotatable bonds is 15. The third-order valence-electron chi connectivity index (χ3n) is 6.80. The lowest BCUT2D eigenvalue weighted by Gasteiger charge is -2.26. The Kier molecular flexibility index (Phi) is 12.4. The standard InChI is InChI=1S/C28H44N4O2S/c1-6-22-14-15-24(29)26(17-22)35-21(5)13-16-27(33)31-25(23-11-9-10-12-23)18-30-28(34)20(4)19-32(7-2)8-3/h14-15,17,23,25H,4-13,16,18-19,29H2,1-3H3,(H,30,34)(H,31,33). The zero-order valence-corrected chi connectivity index (χ0v) is 22.6. The van der Waals surface area contributed by atoms with Gasteiger partial charge in [0.15, 0.2) is 0 Å². The molecule has 1 unspecified atom stereocenters. The van der Waals surface area contributed by atoms with Crippen LogP contribution >= 0.6 is 11.8 Å². The summed E-state index contributed by atoms with van der Waals surface area (Å²) in [6.45, 7) is 17.1. The van der Waals surface area contributed by atoms with Crippen LogP contribution in [0.15, 0.2) is 46.7 Å². The predicted octanol–water partition coefficient (Wildman–Crippen LogP) is 4.91. The van der Waals surface area contributed by atoms with Crippen LogP contribution in [0.5, 0.6) is 0 Å². The molecule has 4 N–H and O–H groups in total. The molecule has 1 aromatic rings. The lowest BCUT2D eigenvalue weighted by atomic mass is 9.97. The van der Waals surface area contributed by atoms with Crippen LogP contribution in [0.1, 0.15) is 64.9 Å². The summed E-state index contributed by atoms with van der Waals surface area (Å²) in [5, 5.41) is 6.21. The lowest BCUT2D eigenvalue weighted by Crippen LogP contribution is -2.48. The van der Waals surface area contributed by atoms with Gasteiger partial charge in [0, 0.05) is 41.7 Å². The van der Waals surface area contributed by atoms with Gasteiger partial charge >= 0.3 is 0 Å². The fraction of sp³-hybridized carbons (Fsp3) is 0.571. The highest BCUT2D eigenvalue weighted by atomic mass is 32.2. The summed E-state index contributed by atoms with van der Waals surface area (Å²) in [7, 11) is 0. The number of nitrogens with one attached hydrogen (secondary N) is 2. The number of nitrogens with zero attached hydrogens (tertiary/aromatic N) is 1. The minimum Gasteiger partial charge on any atom is -0.398 e. The molecule has 1 fully saturated rings. The van der Waals surface area contributed by atoms with E-state index in [0.29, 0.717) is 37.4 Å². The molecule has 7 heteroatoms. The van der Waals surface area contributed by atoms with E-state index in [2.05, 4.69) is 55.5 Å². The van der Waals surface area contributed by atoms with Gasteiger partial charge in [0.05, 0.1) is 0 Å². The Morgan fingerprint density at radius 1 is 1.14 bits per heavy atom. The highest BCUT2D eigenvalue weighted by Crippen LogP contribution is 2.33. The Morgan fingerprint density at radius 2 is 1.83 bits per heavy atom. The quantitative estimate of drug-likeness (QED) is 0.181. The second-order valence-corrected chi connectivity index (χ2v) is 10.6. The minimum atomic E-state index is -0.133. The van der Waals surface area contributed by atoms with E-state index in [1.807, 2.05) is 12.1 Å². The van der Waals surface area contributed by atoms with Gasteiger partial charge in [-0.25, -0.2) is 0 Å². The van der Waals surface area contributed by atoms with Crippen LogP contribution in [0.3, 0.4) is 0 Å². The summed E-state index contributed by atoms with van der Waals surface area (Å²) >= 11 is 1.54. The molecule has 0 aromatic heterocycles. The lowest BCUT2D eigenvalue weighted by molar-refractivity contribution is -0.123. The molecule has 1 aliphatic carbocycles. The number of nitrogen functional groups attached to an aromatic ring is 1. The largest absolute Gasteiger partial charge is 0.398 e. The fourth-order valence-electron chi connectivity index (χ4n) is 4.44. The summed E-state index contributed by atoms with van der Waals surface area (Å²) in [5.74, 6) is 0.255. The number of thioether (sulfide) groups is 1. The van der Waals surface area contributed by atoms with E-state index < -0.39 is 0 Å². The number of likely N-dealkylation sites (N-methyl/N-ethyl adjacent to an activating group) is 1. The number of amides is 2. The van der Waals surface area contributed by atoms with Gasteiger partial charge in [-0.2, -0.15) is 0 Å². The number of anilines is 1. The van der Waals surface area contributed by atoms with Crippen molar-refractivity contribution in [3.8, 4) is 0 Å². The van der Waals surface area contributed by atoms with Crippen molar-refractivity contribution in [2.75, 3.05) is 31.9 Å². The second-order valence-electron chi connectivity index (χ2n) is 9.36. The van der Waals surface area contributed by atoms with E-state index >= 15 is 0 Å². The minimum absolute atomic E-state index is 0.00449. The average Bonchev–Trinajstić information content (AvgIpc) is 3.39. The predicted molar refractivity (Wildman–Crippen MR) is 148 cm³/mol. The number of hydrogen-bond acceptors (Lipinski definition) is 5. The highest BCUT2D eigenvalue weighted by molar-refractivity contribution is 8.03. The van der Waals surface area contributed by atoms with Crippen molar-refractivity contribution in [2.45, 2.75) is 76.7 Å². The highest BCUT2D eigenvalue weighted by Gasteiger charge is 2.27. The van der Waals surface area contributed by atoms with Gasteiger partial charge in [-0.15, -0.1) is 0 Å². The van der Waals surface area contributed by atoms with E-state index in [1.54, 1.807) is 11.8 Å². The van der Waals surface area contributed by atoms with E-state index in [1.165, 1.54) is 18.4 Å². The number of carbonyl (C=O) groups is 2. The molecule has 194 valence electrons. The van der Waals surface area contributed by atoms with Crippen LogP contribution in [0.25, 0.3) is 0 Å². The van der Waals surface area contributed by atoms with Crippen LogP contribution in [0.2, 0.25) is 0 Å².